The van der Waals surface area contributed by atoms with Gasteiger partial charge in [-0.3, -0.25) is 4.90 Å². The van der Waals surface area contributed by atoms with Crippen molar-refractivity contribution in [3.05, 3.63) is 50.9 Å². The molecular weight excluding hydrogens is 415 g/mol. The highest BCUT2D eigenvalue weighted by Gasteiger charge is 2.19. The van der Waals surface area contributed by atoms with Crippen molar-refractivity contribution >= 4 is 37.8 Å². The summed E-state index contributed by atoms with van der Waals surface area (Å²) in [5.74, 6) is 0.553. The molecule has 4 nitrogen and oxygen atoms in total. The van der Waals surface area contributed by atoms with Crippen LogP contribution in [0.2, 0.25) is 0 Å². The molecule has 1 saturated heterocycles. The predicted molar refractivity (Wildman–Crippen MR) is 91.3 cm³/mol. The van der Waals surface area contributed by atoms with E-state index < -0.39 is 0 Å². The minimum absolute atomic E-state index is 0.209. The highest BCUT2D eigenvalue weighted by molar-refractivity contribution is 9.10. The zero-order valence-corrected chi connectivity index (χ0v) is 15.0. The molecule has 7 heteroatoms. The third kappa shape index (κ3) is 3.83. The summed E-state index contributed by atoms with van der Waals surface area (Å²) in [5.41, 5.74) is 0.994. The highest BCUT2D eigenvalue weighted by atomic mass is 79.9. The number of rotatable bonds is 3. The molecule has 0 aliphatic carbocycles. The summed E-state index contributed by atoms with van der Waals surface area (Å²) in [7, 11) is 0. The van der Waals surface area contributed by atoms with Gasteiger partial charge in [-0.2, -0.15) is 0 Å². The number of hydrogen-bond acceptors (Lipinski definition) is 4. The molecule has 0 atom stereocenters. The van der Waals surface area contributed by atoms with Crippen LogP contribution < -0.4 is 4.90 Å². The summed E-state index contributed by atoms with van der Waals surface area (Å²) < 4.78 is 14.9. The van der Waals surface area contributed by atoms with E-state index in [9.17, 15) is 4.39 Å². The molecule has 0 N–H and O–H groups in total. The van der Waals surface area contributed by atoms with Crippen LogP contribution in [-0.4, -0.2) is 41.0 Å². The zero-order chi connectivity index (χ0) is 15.5. The maximum Gasteiger partial charge on any atom is 0.225 e. The summed E-state index contributed by atoms with van der Waals surface area (Å²) in [6.45, 7) is 4.34. The van der Waals surface area contributed by atoms with Gasteiger partial charge in [0.2, 0.25) is 5.95 Å². The summed E-state index contributed by atoms with van der Waals surface area (Å²) in [6.07, 6.45) is 3.53. The first-order valence-corrected chi connectivity index (χ1v) is 8.59. The van der Waals surface area contributed by atoms with Crippen molar-refractivity contribution in [3.8, 4) is 0 Å². The first-order valence-electron chi connectivity index (χ1n) is 7.00. The van der Waals surface area contributed by atoms with Gasteiger partial charge in [-0.15, -0.1) is 0 Å². The molecule has 116 valence electrons. The van der Waals surface area contributed by atoms with Crippen LogP contribution in [0.3, 0.4) is 0 Å². The lowest BCUT2D eigenvalue weighted by atomic mass is 10.2. The van der Waals surface area contributed by atoms with E-state index in [1.54, 1.807) is 24.5 Å². The lowest BCUT2D eigenvalue weighted by molar-refractivity contribution is 0.248. The number of aromatic nitrogens is 2. The van der Waals surface area contributed by atoms with Gasteiger partial charge in [-0.1, -0.05) is 6.07 Å². The molecule has 0 radical (unpaired) electrons. The summed E-state index contributed by atoms with van der Waals surface area (Å²) in [5, 5.41) is 0. The molecule has 0 bridgehead atoms. The Morgan fingerprint density at radius 1 is 1.05 bits per heavy atom. The van der Waals surface area contributed by atoms with Gasteiger partial charge in [0.05, 0.1) is 8.95 Å². The van der Waals surface area contributed by atoms with Crippen molar-refractivity contribution in [2.24, 2.45) is 0 Å². The Labute approximate surface area is 145 Å². The number of hydrogen-bond donors (Lipinski definition) is 0. The molecule has 1 aliphatic heterocycles. The van der Waals surface area contributed by atoms with E-state index in [1.165, 1.54) is 0 Å². The minimum atomic E-state index is -0.209. The topological polar surface area (TPSA) is 32.3 Å². The quantitative estimate of drug-likeness (QED) is 0.747. The third-order valence-corrected chi connectivity index (χ3v) is 4.70. The maximum absolute atomic E-state index is 13.6. The zero-order valence-electron chi connectivity index (χ0n) is 11.8. The summed E-state index contributed by atoms with van der Waals surface area (Å²) in [6, 6.07) is 5.31. The Hall–Kier alpha value is -1.05. The summed E-state index contributed by atoms with van der Waals surface area (Å²) >= 11 is 6.52. The Bertz CT molecular complexity index is 642. The number of anilines is 1. The molecule has 2 aromatic rings. The smallest absolute Gasteiger partial charge is 0.225 e. The second kappa shape index (κ2) is 7.02. The van der Waals surface area contributed by atoms with Gasteiger partial charge in [0.15, 0.2) is 0 Å². The Kier molecular flexibility index (Phi) is 5.05. The van der Waals surface area contributed by atoms with E-state index in [2.05, 4.69) is 51.6 Å². The predicted octanol–water partition coefficient (Wildman–Crippen LogP) is 3.46. The van der Waals surface area contributed by atoms with E-state index in [0.29, 0.717) is 4.47 Å². The lowest BCUT2D eigenvalue weighted by Gasteiger charge is -2.34. The molecule has 1 fully saturated rings. The lowest BCUT2D eigenvalue weighted by Crippen LogP contribution is -2.46. The highest BCUT2D eigenvalue weighted by Crippen LogP contribution is 2.19. The van der Waals surface area contributed by atoms with E-state index >= 15 is 0 Å². The van der Waals surface area contributed by atoms with E-state index in [-0.39, 0.29) is 5.82 Å². The SMILES string of the molecule is Fc1cc(CN2CCN(c3ncc(Br)cn3)CC2)ccc1Br. The minimum Gasteiger partial charge on any atom is -0.338 e. The number of piperazine rings is 1. The van der Waals surface area contributed by atoms with Gasteiger partial charge in [0.1, 0.15) is 5.82 Å². The molecular formula is C15H15Br2FN4. The van der Waals surface area contributed by atoms with Crippen LogP contribution in [0.4, 0.5) is 10.3 Å². The van der Waals surface area contributed by atoms with Crippen LogP contribution >= 0.6 is 31.9 Å². The van der Waals surface area contributed by atoms with Crippen LogP contribution in [-0.2, 0) is 6.54 Å². The number of benzene rings is 1. The number of nitrogens with zero attached hydrogens (tertiary/aromatic N) is 4. The standard InChI is InChI=1S/C15H15Br2FN4/c16-12-8-19-15(20-9-12)22-5-3-21(4-6-22)10-11-1-2-13(17)14(18)7-11/h1-2,7-9H,3-6,10H2. The Morgan fingerprint density at radius 3 is 2.36 bits per heavy atom. The van der Waals surface area contributed by atoms with Gasteiger partial charge in [0.25, 0.3) is 0 Å². The fraction of sp³-hybridized carbons (Fsp3) is 0.333. The average molecular weight is 430 g/mol. The molecule has 1 aromatic carbocycles. The van der Waals surface area contributed by atoms with Crippen LogP contribution in [0.15, 0.2) is 39.5 Å². The van der Waals surface area contributed by atoms with Gasteiger partial charge < -0.3 is 4.90 Å². The molecule has 3 rings (SSSR count). The largest absolute Gasteiger partial charge is 0.338 e. The first-order chi connectivity index (χ1) is 10.6. The van der Waals surface area contributed by atoms with E-state index in [4.69, 9.17) is 0 Å². The van der Waals surface area contributed by atoms with Crippen LogP contribution in [0.1, 0.15) is 5.56 Å². The molecule has 0 amide bonds. The monoisotopic (exact) mass is 428 g/mol. The number of halogens is 3. The molecule has 0 saturated carbocycles. The Morgan fingerprint density at radius 2 is 1.73 bits per heavy atom. The summed E-state index contributed by atoms with van der Waals surface area (Å²) in [4.78, 5) is 13.1. The fourth-order valence-corrected chi connectivity index (χ4v) is 2.92. The second-order valence-electron chi connectivity index (χ2n) is 5.21. The average Bonchev–Trinajstić information content (AvgIpc) is 2.53. The van der Waals surface area contributed by atoms with Crippen molar-refractivity contribution in [2.45, 2.75) is 6.54 Å². The molecule has 0 spiro atoms. The fourth-order valence-electron chi connectivity index (χ4n) is 2.47. The van der Waals surface area contributed by atoms with Gasteiger partial charge in [-0.25, -0.2) is 14.4 Å². The van der Waals surface area contributed by atoms with Gasteiger partial charge in [0, 0.05) is 45.1 Å². The Balaban J connectivity index is 1.57. The van der Waals surface area contributed by atoms with Gasteiger partial charge in [-0.05, 0) is 49.6 Å². The van der Waals surface area contributed by atoms with Crippen molar-refractivity contribution < 1.29 is 4.39 Å². The molecule has 22 heavy (non-hydrogen) atoms. The van der Waals surface area contributed by atoms with Crippen molar-refractivity contribution in [2.75, 3.05) is 31.1 Å². The van der Waals surface area contributed by atoms with Crippen molar-refractivity contribution in [1.29, 1.82) is 0 Å². The van der Waals surface area contributed by atoms with Gasteiger partial charge >= 0.3 is 0 Å². The molecule has 1 aliphatic rings. The third-order valence-electron chi connectivity index (χ3n) is 3.65. The van der Waals surface area contributed by atoms with E-state index in [0.717, 1.165) is 48.7 Å². The molecule has 0 unspecified atom stereocenters. The maximum atomic E-state index is 13.6. The molecule has 1 aromatic heterocycles. The molecule has 2 heterocycles. The van der Waals surface area contributed by atoms with Crippen molar-refractivity contribution in [3.63, 3.8) is 0 Å². The van der Waals surface area contributed by atoms with Crippen molar-refractivity contribution in [1.82, 2.24) is 14.9 Å². The normalized spacial score (nSPS) is 16.0. The van der Waals surface area contributed by atoms with Crippen LogP contribution in [0.25, 0.3) is 0 Å². The van der Waals surface area contributed by atoms with E-state index in [1.807, 2.05) is 6.07 Å². The second-order valence-corrected chi connectivity index (χ2v) is 6.98. The van der Waals surface area contributed by atoms with Crippen LogP contribution in [0.5, 0.6) is 0 Å². The van der Waals surface area contributed by atoms with Crippen LogP contribution in [0, 0.1) is 5.82 Å². The first kappa shape index (κ1) is 15.8.